The Hall–Kier alpha value is -3.76. The molecule has 2 amide bonds. The predicted molar refractivity (Wildman–Crippen MR) is 137 cm³/mol. The van der Waals surface area contributed by atoms with Gasteiger partial charge in [-0.25, -0.2) is 14.4 Å². The number of hydrogen-bond donors (Lipinski definition) is 2. The minimum atomic E-state index is -0.533. The van der Waals surface area contributed by atoms with Crippen molar-refractivity contribution in [1.82, 2.24) is 24.8 Å². The molecule has 0 aliphatic carbocycles. The third kappa shape index (κ3) is 4.33. The number of nitrogens with one attached hydrogen (secondary N) is 2. The number of halogens is 2. The summed E-state index contributed by atoms with van der Waals surface area (Å²) in [6.45, 7) is 4.87. The van der Waals surface area contributed by atoms with E-state index in [1.807, 2.05) is 18.9 Å². The second-order valence-electron chi connectivity index (χ2n) is 8.97. The van der Waals surface area contributed by atoms with Crippen LogP contribution < -0.4 is 10.2 Å². The van der Waals surface area contributed by atoms with Crippen molar-refractivity contribution >= 4 is 52.4 Å². The van der Waals surface area contributed by atoms with Gasteiger partial charge in [0.05, 0.1) is 16.2 Å². The lowest BCUT2D eigenvalue weighted by molar-refractivity contribution is -0.112. The number of benzene rings is 1. The minimum absolute atomic E-state index is 0.0331. The highest BCUT2D eigenvalue weighted by Crippen LogP contribution is 2.40. The number of piperazine rings is 1. The van der Waals surface area contributed by atoms with Crippen LogP contribution in [0.5, 0.6) is 0 Å². The van der Waals surface area contributed by atoms with Crippen molar-refractivity contribution in [3.05, 3.63) is 63.9 Å². The zero-order valence-electron chi connectivity index (χ0n) is 20.1. The Morgan fingerprint density at radius 2 is 1.92 bits per heavy atom. The first-order valence-corrected chi connectivity index (χ1v) is 11.9. The average Bonchev–Trinajstić information content (AvgIpc) is 3.35. The molecule has 0 spiro atoms. The molecule has 4 heterocycles. The summed E-state index contributed by atoms with van der Waals surface area (Å²) >= 11 is 5.93. The molecule has 1 aromatic carbocycles. The normalized spacial score (nSPS) is 17.1. The van der Waals surface area contributed by atoms with E-state index in [9.17, 15) is 14.0 Å². The van der Waals surface area contributed by atoms with Crippen LogP contribution in [0.3, 0.4) is 0 Å². The lowest BCUT2D eigenvalue weighted by Gasteiger charge is -2.32. The maximum Gasteiger partial charge on any atom is 0.270 e. The summed E-state index contributed by atoms with van der Waals surface area (Å²) in [6, 6.07) is 6.03. The first-order chi connectivity index (χ1) is 17.2. The number of anilines is 3. The fourth-order valence-electron chi connectivity index (χ4n) is 4.37. The van der Waals surface area contributed by atoms with Crippen LogP contribution in [0.1, 0.15) is 27.3 Å². The van der Waals surface area contributed by atoms with Gasteiger partial charge in [0.25, 0.3) is 11.8 Å². The van der Waals surface area contributed by atoms with E-state index in [2.05, 4.69) is 25.2 Å². The number of likely N-dealkylation sites (N-methyl/N-ethyl adjacent to an activating group) is 2. The molecule has 3 aromatic rings. The smallest absolute Gasteiger partial charge is 0.270 e. The molecule has 2 aliphatic rings. The van der Waals surface area contributed by atoms with Crippen molar-refractivity contribution in [2.24, 2.45) is 0 Å². The van der Waals surface area contributed by atoms with E-state index in [4.69, 9.17) is 11.6 Å². The van der Waals surface area contributed by atoms with E-state index >= 15 is 0 Å². The maximum atomic E-state index is 13.6. The molecule has 186 valence electrons. The molecule has 0 bridgehead atoms. The van der Waals surface area contributed by atoms with E-state index in [0.29, 0.717) is 52.9 Å². The van der Waals surface area contributed by atoms with Crippen molar-refractivity contribution in [2.45, 2.75) is 6.92 Å². The Morgan fingerprint density at radius 1 is 1.17 bits per heavy atom. The van der Waals surface area contributed by atoms with Crippen molar-refractivity contribution in [1.29, 1.82) is 0 Å². The summed E-state index contributed by atoms with van der Waals surface area (Å²) in [6.07, 6.45) is 3.07. The largest absolute Gasteiger partial charge is 0.351 e. The lowest BCUT2D eigenvalue weighted by Crippen LogP contribution is -2.47. The molecule has 1 fully saturated rings. The Bertz CT molecular complexity index is 1400. The maximum absolute atomic E-state index is 13.6. The Balaban J connectivity index is 1.50. The number of aromatic nitrogens is 3. The van der Waals surface area contributed by atoms with Gasteiger partial charge in [-0.15, -0.1) is 0 Å². The Kier molecular flexibility index (Phi) is 6.23. The summed E-state index contributed by atoms with van der Waals surface area (Å²) in [5.74, 6) is -0.0362. The fourth-order valence-corrected chi connectivity index (χ4v) is 4.55. The van der Waals surface area contributed by atoms with Crippen LogP contribution in [0, 0.1) is 12.7 Å². The average molecular weight is 510 g/mol. The van der Waals surface area contributed by atoms with Crippen molar-refractivity contribution in [3.8, 4) is 0 Å². The van der Waals surface area contributed by atoms with E-state index in [1.54, 1.807) is 19.2 Å². The lowest BCUT2D eigenvalue weighted by atomic mass is 10.1. The molecule has 2 aromatic heterocycles. The summed E-state index contributed by atoms with van der Waals surface area (Å²) in [4.78, 5) is 43.5. The first kappa shape index (κ1) is 24.0. The van der Waals surface area contributed by atoms with Gasteiger partial charge in [0.2, 0.25) is 0 Å². The second-order valence-corrected chi connectivity index (χ2v) is 9.38. The molecule has 0 atom stereocenters. The highest BCUT2D eigenvalue weighted by molar-refractivity contribution is 6.36. The van der Waals surface area contributed by atoms with Gasteiger partial charge in [0.15, 0.2) is 0 Å². The number of aromatic amines is 1. The number of H-pyrrole nitrogens is 1. The number of carbonyl (C=O) groups is 2. The molecule has 11 heteroatoms. The van der Waals surface area contributed by atoms with E-state index in [-0.39, 0.29) is 16.8 Å². The quantitative estimate of drug-likeness (QED) is 0.522. The van der Waals surface area contributed by atoms with Gasteiger partial charge >= 0.3 is 0 Å². The summed E-state index contributed by atoms with van der Waals surface area (Å²) in [5, 5.41) is 3.08. The van der Waals surface area contributed by atoms with Gasteiger partial charge in [-0.05, 0) is 49.9 Å². The predicted octanol–water partition coefficient (Wildman–Crippen LogP) is 3.55. The second kappa shape index (κ2) is 9.36. The van der Waals surface area contributed by atoms with Crippen molar-refractivity contribution in [3.63, 3.8) is 0 Å². The Labute approximate surface area is 212 Å². The number of fused-ring (bicyclic) bond motifs is 1. The molecule has 36 heavy (non-hydrogen) atoms. The summed E-state index contributed by atoms with van der Waals surface area (Å²) in [7, 11) is 3.67. The van der Waals surface area contributed by atoms with Crippen LogP contribution in [-0.2, 0) is 4.79 Å². The van der Waals surface area contributed by atoms with Gasteiger partial charge in [-0.2, -0.15) is 0 Å². The van der Waals surface area contributed by atoms with Crippen LogP contribution in [0.4, 0.5) is 21.7 Å². The number of aryl methyl sites for hydroxylation is 1. The van der Waals surface area contributed by atoms with Crippen LogP contribution >= 0.6 is 11.6 Å². The third-order valence-corrected chi connectivity index (χ3v) is 6.79. The van der Waals surface area contributed by atoms with E-state index in [0.717, 1.165) is 18.7 Å². The molecule has 2 N–H and O–H groups in total. The van der Waals surface area contributed by atoms with Crippen molar-refractivity contribution in [2.75, 3.05) is 50.5 Å². The number of rotatable bonds is 4. The molecule has 0 saturated carbocycles. The minimum Gasteiger partial charge on any atom is -0.351 e. The SMILES string of the molecule is Cc1cc(C(=O)N2CCN(C)CC2)[nH]c1C=C1C(=O)N(C)c2ncnc(Nc3ccc(F)c(Cl)c3)c21. The third-order valence-electron chi connectivity index (χ3n) is 6.50. The standard InChI is InChI=1S/C25H25ClFN7O2/c1-14-10-20(25(36)34-8-6-32(2)7-9-34)31-19(14)12-16-21-22(28-13-29-23(21)33(3)24(16)35)30-15-4-5-18(27)17(26)11-15/h4-5,10-13,31H,6-9H2,1-3H3,(H,28,29,30). The highest BCUT2D eigenvalue weighted by Gasteiger charge is 2.34. The highest BCUT2D eigenvalue weighted by atomic mass is 35.5. The Morgan fingerprint density at radius 3 is 2.64 bits per heavy atom. The number of nitrogens with zero attached hydrogens (tertiary/aromatic N) is 5. The zero-order valence-corrected chi connectivity index (χ0v) is 20.9. The molecule has 9 nitrogen and oxygen atoms in total. The fraction of sp³-hybridized carbons (Fsp3) is 0.280. The van der Waals surface area contributed by atoms with Crippen LogP contribution in [0.25, 0.3) is 11.6 Å². The number of hydrogen-bond acceptors (Lipinski definition) is 6. The molecular weight excluding hydrogens is 485 g/mol. The van der Waals surface area contributed by atoms with Crippen LogP contribution in [-0.4, -0.2) is 76.8 Å². The van der Waals surface area contributed by atoms with E-state index < -0.39 is 5.82 Å². The molecule has 5 rings (SSSR count). The molecule has 0 unspecified atom stereocenters. The zero-order chi connectivity index (χ0) is 25.6. The summed E-state index contributed by atoms with van der Waals surface area (Å²) < 4.78 is 13.6. The van der Waals surface area contributed by atoms with Gasteiger partial charge in [-0.3, -0.25) is 14.5 Å². The number of amides is 2. The van der Waals surface area contributed by atoms with Crippen molar-refractivity contribution < 1.29 is 14.0 Å². The molecule has 0 radical (unpaired) electrons. The monoisotopic (exact) mass is 509 g/mol. The molecule has 1 saturated heterocycles. The topological polar surface area (TPSA) is 97.5 Å². The van der Waals surface area contributed by atoms with Gasteiger partial charge in [-0.1, -0.05) is 11.6 Å². The summed E-state index contributed by atoms with van der Waals surface area (Å²) in [5.41, 5.74) is 3.35. The van der Waals surface area contributed by atoms with Gasteiger partial charge < -0.3 is 20.1 Å². The molecule has 2 aliphatic heterocycles. The van der Waals surface area contributed by atoms with E-state index in [1.165, 1.54) is 29.4 Å². The van der Waals surface area contributed by atoms with Gasteiger partial charge in [0, 0.05) is 44.6 Å². The van der Waals surface area contributed by atoms with Crippen LogP contribution in [0.15, 0.2) is 30.6 Å². The first-order valence-electron chi connectivity index (χ1n) is 11.5. The van der Waals surface area contributed by atoms with Crippen LogP contribution in [0.2, 0.25) is 5.02 Å². The van der Waals surface area contributed by atoms with Gasteiger partial charge in [0.1, 0.15) is 29.5 Å². The number of carbonyl (C=O) groups excluding carboxylic acids is 2. The molecular formula is C25H25ClFN7O2.